The predicted molar refractivity (Wildman–Crippen MR) is 104 cm³/mol. The van der Waals surface area contributed by atoms with Crippen LogP contribution in [0.2, 0.25) is 0 Å². The summed E-state index contributed by atoms with van der Waals surface area (Å²) in [5.41, 5.74) is 0.929. The molecule has 0 radical (unpaired) electrons. The van der Waals surface area contributed by atoms with E-state index in [2.05, 4.69) is 13.8 Å². The molecule has 0 aromatic heterocycles. The van der Waals surface area contributed by atoms with E-state index in [9.17, 15) is 24.9 Å². The van der Waals surface area contributed by atoms with Gasteiger partial charge in [-0.1, -0.05) is 19.4 Å². The quantitative estimate of drug-likeness (QED) is 0.530. The minimum atomic E-state index is -1.48. The lowest BCUT2D eigenvalue weighted by Crippen LogP contribution is -2.59. The van der Waals surface area contributed by atoms with Crippen LogP contribution in [0.5, 0.6) is 0 Å². The molecule has 29 heavy (non-hydrogen) atoms. The van der Waals surface area contributed by atoms with Gasteiger partial charge in [0.1, 0.15) is 31.0 Å². The molecule has 0 bridgehead atoms. The SMILES string of the molecule is CC(=O)OC[C@H]1O[C@@H](O[C@@H](C)CC[C@H]2C(C)=CC(=O)CC2(C)C)[C@H](O)[C@@H](O)[C@@H]1O. The highest BCUT2D eigenvalue weighted by Crippen LogP contribution is 2.42. The molecule has 0 aromatic rings. The van der Waals surface area contributed by atoms with Gasteiger partial charge in [-0.15, -0.1) is 0 Å². The lowest BCUT2D eigenvalue weighted by Gasteiger charge is -2.41. The molecule has 1 fully saturated rings. The Morgan fingerprint density at radius 2 is 1.93 bits per heavy atom. The van der Waals surface area contributed by atoms with E-state index >= 15 is 0 Å². The summed E-state index contributed by atoms with van der Waals surface area (Å²) in [6.45, 7) is 8.97. The number of esters is 1. The topological polar surface area (TPSA) is 123 Å². The van der Waals surface area contributed by atoms with Gasteiger partial charge in [-0.2, -0.15) is 0 Å². The number of aliphatic hydroxyl groups excluding tert-OH is 3. The van der Waals surface area contributed by atoms with Crippen LogP contribution in [0.25, 0.3) is 0 Å². The summed E-state index contributed by atoms with van der Waals surface area (Å²) in [5, 5.41) is 30.3. The molecule has 2 aliphatic rings. The molecule has 8 heteroatoms. The highest BCUT2D eigenvalue weighted by atomic mass is 16.7. The van der Waals surface area contributed by atoms with E-state index in [-0.39, 0.29) is 29.8 Å². The van der Waals surface area contributed by atoms with E-state index in [4.69, 9.17) is 14.2 Å². The number of aliphatic hydroxyl groups is 3. The molecule has 1 aliphatic carbocycles. The average Bonchev–Trinajstić information content (AvgIpc) is 2.59. The van der Waals surface area contributed by atoms with Gasteiger partial charge in [0.25, 0.3) is 0 Å². The third-order valence-electron chi connectivity index (χ3n) is 5.86. The van der Waals surface area contributed by atoms with Crippen molar-refractivity contribution in [2.24, 2.45) is 11.3 Å². The van der Waals surface area contributed by atoms with Crippen LogP contribution in [-0.4, -0.2) is 70.5 Å². The smallest absolute Gasteiger partial charge is 0.302 e. The van der Waals surface area contributed by atoms with Crippen molar-refractivity contribution < 1.29 is 39.1 Å². The highest BCUT2D eigenvalue weighted by Gasteiger charge is 2.45. The number of ether oxygens (including phenoxy) is 3. The first-order valence-electron chi connectivity index (χ1n) is 10.1. The fraction of sp³-hybridized carbons (Fsp3) is 0.810. The second kappa shape index (κ2) is 9.66. The van der Waals surface area contributed by atoms with E-state index in [1.165, 1.54) is 6.92 Å². The number of carbonyl (C=O) groups is 2. The number of allylic oxidation sites excluding steroid dienone is 2. The molecule has 1 aliphatic heterocycles. The monoisotopic (exact) mass is 414 g/mol. The molecular formula is C21H34O8. The van der Waals surface area contributed by atoms with Crippen molar-refractivity contribution >= 4 is 11.8 Å². The number of rotatable bonds is 7. The largest absolute Gasteiger partial charge is 0.463 e. The molecule has 7 atom stereocenters. The van der Waals surface area contributed by atoms with Crippen LogP contribution in [0.15, 0.2) is 11.6 Å². The Morgan fingerprint density at radius 1 is 1.28 bits per heavy atom. The molecule has 2 rings (SSSR count). The number of hydrogen-bond acceptors (Lipinski definition) is 8. The lowest BCUT2D eigenvalue weighted by atomic mass is 9.66. The third-order valence-corrected chi connectivity index (χ3v) is 5.86. The maximum atomic E-state index is 11.8. The first-order chi connectivity index (χ1) is 13.4. The van der Waals surface area contributed by atoms with Crippen molar-refractivity contribution in [1.29, 1.82) is 0 Å². The fourth-order valence-corrected chi connectivity index (χ4v) is 4.28. The number of hydrogen-bond donors (Lipinski definition) is 3. The number of carbonyl (C=O) groups excluding carboxylic acids is 2. The molecule has 0 amide bonds. The van der Waals surface area contributed by atoms with Crippen LogP contribution in [0, 0.1) is 11.3 Å². The van der Waals surface area contributed by atoms with Gasteiger partial charge in [-0.3, -0.25) is 9.59 Å². The Morgan fingerprint density at radius 3 is 2.52 bits per heavy atom. The van der Waals surface area contributed by atoms with Crippen molar-refractivity contribution in [2.75, 3.05) is 6.61 Å². The summed E-state index contributed by atoms with van der Waals surface area (Å²) < 4.78 is 16.2. The average molecular weight is 414 g/mol. The lowest BCUT2D eigenvalue weighted by molar-refractivity contribution is -0.310. The normalized spacial score (nSPS) is 35.7. The summed E-state index contributed by atoms with van der Waals surface area (Å²) in [5.74, 6) is -0.144. The van der Waals surface area contributed by atoms with Gasteiger partial charge in [0.2, 0.25) is 0 Å². The molecule has 1 heterocycles. The molecular weight excluding hydrogens is 380 g/mol. The second-order valence-corrected chi connectivity index (χ2v) is 8.91. The summed E-state index contributed by atoms with van der Waals surface area (Å²) in [7, 11) is 0. The first-order valence-corrected chi connectivity index (χ1v) is 10.1. The van der Waals surface area contributed by atoms with Crippen molar-refractivity contribution in [1.82, 2.24) is 0 Å². The van der Waals surface area contributed by atoms with Gasteiger partial charge in [-0.25, -0.2) is 0 Å². The summed E-state index contributed by atoms with van der Waals surface area (Å²) in [6, 6.07) is 0. The van der Waals surface area contributed by atoms with Gasteiger partial charge in [0.15, 0.2) is 12.1 Å². The molecule has 0 unspecified atom stereocenters. The predicted octanol–water partition coefficient (Wildman–Crippen LogP) is 1.10. The van der Waals surface area contributed by atoms with Gasteiger partial charge in [-0.05, 0) is 44.1 Å². The zero-order valence-electron chi connectivity index (χ0n) is 17.8. The molecule has 0 aromatic carbocycles. The van der Waals surface area contributed by atoms with Crippen LogP contribution < -0.4 is 0 Å². The van der Waals surface area contributed by atoms with E-state index in [1.54, 1.807) is 6.08 Å². The third kappa shape index (κ3) is 6.08. The maximum absolute atomic E-state index is 11.8. The van der Waals surface area contributed by atoms with Crippen LogP contribution in [0.3, 0.4) is 0 Å². The van der Waals surface area contributed by atoms with Crippen molar-refractivity contribution in [3.8, 4) is 0 Å². The van der Waals surface area contributed by atoms with Crippen molar-refractivity contribution in [3.63, 3.8) is 0 Å². The van der Waals surface area contributed by atoms with Crippen LogP contribution in [-0.2, 0) is 23.8 Å². The summed E-state index contributed by atoms with van der Waals surface area (Å²) in [6.07, 6.45) is -3.06. The van der Waals surface area contributed by atoms with Crippen molar-refractivity contribution in [3.05, 3.63) is 11.6 Å². The molecule has 3 N–H and O–H groups in total. The minimum absolute atomic E-state index is 0.133. The van der Waals surface area contributed by atoms with Crippen LogP contribution in [0.4, 0.5) is 0 Å². The Hall–Kier alpha value is -1.32. The fourth-order valence-electron chi connectivity index (χ4n) is 4.28. The van der Waals surface area contributed by atoms with E-state index in [0.717, 1.165) is 12.0 Å². The zero-order valence-corrected chi connectivity index (χ0v) is 17.8. The zero-order chi connectivity index (χ0) is 21.9. The number of ketones is 1. The highest BCUT2D eigenvalue weighted by molar-refractivity contribution is 5.91. The van der Waals surface area contributed by atoms with E-state index in [1.807, 2.05) is 13.8 Å². The molecule has 0 spiro atoms. The maximum Gasteiger partial charge on any atom is 0.302 e. The van der Waals surface area contributed by atoms with Crippen LogP contribution >= 0.6 is 0 Å². The Kier molecular flexibility index (Phi) is 7.98. The molecule has 1 saturated heterocycles. The molecule has 0 saturated carbocycles. The Labute approximate surface area is 171 Å². The molecule has 8 nitrogen and oxygen atoms in total. The summed E-state index contributed by atoms with van der Waals surface area (Å²) >= 11 is 0. The van der Waals surface area contributed by atoms with Gasteiger partial charge < -0.3 is 29.5 Å². The van der Waals surface area contributed by atoms with Crippen molar-refractivity contribution in [2.45, 2.75) is 90.7 Å². The van der Waals surface area contributed by atoms with Crippen LogP contribution in [0.1, 0.15) is 53.9 Å². The molecule has 166 valence electrons. The Bertz CT molecular complexity index is 628. The van der Waals surface area contributed by atoms with E-state index in [0.29, 0.717) is 12.8 Å². The van der Waals surface area contributed by atoms with Gasteiger partial charge >= 0.3 is 5.97 Å². The Balaban J connectivity index is 1.94. The van der Waals surface area contributed by atoms with Gasteiger partial charge in [0, 0.05) is 13.3 Å². The van der Waals surface area contributed by atoms with E-state index < -0.39 is 36.7 Å². The first kappa shape index (κ1) is 24.0. The standard InChI is InChI=1S/C21H34O8/c1-11-8-14(23)9-21(4,5)15(11)7-6-12(2)28-20-19(26)18(25)17(24)16(29-20)10-27-13(3)22/h8,12,15-20,24-26H,6-7,9-10H2,1-5H3/t12-,15-,16+,17+,18-,19+,20+/m0/s1. The second-order valence-electron chi connectivity index (χ2n) is 8.91. The summed E-state index contributed by atoms with van der Waals surface area (Å²) in [4.78, 5) is 22.8. The minimum Gasteiger partial charge on any atom is -0.463 e. The van der Waals surface area contributed by atoms with Gasteiger partial charge in [0.05, 0.1) is 6.10 Å².